The SMILES string of the molecule is O=C(NC1CC1)[C@@H]1c2ccccc2C(=O)N(C2CCCC2)C12CCCCC2. The second-order valence-corrected chi connectivity index (χ2v) is 9.08. The van der Waals surface area contributed by atoms with Gasteiger partial charge in [0.2, 0.25) is 5.91 Å². The average Bonchev–Trinajstić information content (AvgIpc) is 3.33. The molecule has 0 unspecified atom stereocenters. The number of rotatable bonds is 3. The molecule has 3 fully saturated rings. The molecule has 0 radical (unpaired) electrons. The number of nitrogens with one attached hydrogen (secondary N) is 1. The van der Waals surface area contributed by atoms with E-state index in [-0.39, 0.29) is 23.3 Å². The summed E-state index contributed by atoms with van der Waals surface area (Å²) in [6, 6.07) is 8.56. The van der Waals surface area contributed by atoms with Crippen LogP contribution in [0.3, 0.4) is 0 Å². The fraction of sp³-hybridized carbons (Fsp3) is 0.652. The van der Waals surface area contributed by atoms with Crippen molar-refractivity contribution in [2.45, 2.75) is 94.2 Å². The lowest BCUT2D eigenvalue weighted by molar-refractivity contribution is -0.128. The molecule has 0 aromatic heterocycles. The predicted molar refractivity (Wildman–Crippen MR) is 105 cm³/mol. The normalized spacial score (nSPS) is 27.6. The number of amides is 2. The standard InChI is InChI=1S/C23H30N2O2/c26-21(24-16-12-13-16)20-18-10-4-5-11-19(18)22(27)25(17-8-2-3-9-17)23(20)14-6-1-7-15-23/h4-5,10-11,16-17,20H,1-3,6-9,12-15H2,(H,24,26)/t20-/m0/s1. The van der Waals surface area contributed by atoms with E-state index in [2.05, 4.69) is 10.2 Å². The first-order chi connectivity index (χ1) is 13.2. The lowest BCUT2D eigenvalue weighted by Gasteiger charge is -2.56. The molecule has 1 spiro atoms. The van der Waals surface area contributed by atoms with Crippen LogP contribution >= 0.6 is 0 Å². The van der Waals surface area contributed by atoms with E-state index in [1.807, 2.05) is 24.3 Å². The lowest BCUT2D eigenvalue weighted by Crippen LogP contribution is -2.65. The van der Waals surface area contributed by atoms with E-state index >= 15 is 0 Å². The average molecular weight is 367 g/mol. The van der Waals surface area contributed by atoms with Crippen LogP contribution in [-0.4, -0.2) is 34.3 Å². The molecular formula is C23H30N2O2. The summed E-state index contributed by atoms with van der Waals surface area (Å²) in [7, 11) is 0. The van der Waals surface area contributed by atoms with Crippen LogP contribution in [0.15, 0.2) is 24.3 Å². The topological polar surface area (TPSA) is 49.4 Å². The van der Waals surface area contributed by atoms with Gasteiger partial charge in [-0.2, -0.15) is 0 Å². The van der Waals surface area contributed by atoms with Crippen LogP contribution in [0.25, 0.3) is 0 Å². The predicted octanol–water partition coefficient (Wildman–Crippen LogP) is 4.15. The Morgan fingerprint density at radius 1 is 0.963 bits per heavy atom. The summed E-state index contributed by atoms with van der Waals surface area (Å²) in [6.07, 6.45) is 12.1. The molecule has 3 saturated carbocycles. The van der Waals surface area contributed by atoms with Crippen LogP contribution in [0.5, 0.6) is 0 Å². The van der Waals surface area contributed by atoms with E-state index < -0.39 is 0 Å². The van der Waals surface area contributed by atoms with Crippen molar-refractivity contribution in [2.75, 3.05) is 0 Å². The number of benzene rings is 1. The minimum atomic E-state index is -0.322. The van der Waals surface area contributed by atoms with Crippen LogP contribution < -0.4 is 5.32 Å². The van der Waals surface area contributed by atoms with Crippen LogP contribution in [-0.2, 0) is 4.79 Å². The summed E-state index contributed by atoms with van der Waals surface area (Å²) < 4.78 is 0. The number of hydrogen-bond donors (Lipinski definition) is 1. The maximum absolute atomic E-state index is 13.7. The smallest absolute Gasteiger partial charge is 0.254 e. The Labute approximate surface area is 161 Å². The molecule has 4 nitrogen and oxygen atoms in total. The highest BCUT2D eigenvalue weighted by Gasteiger charge is 2.56. The molecule has 1 atom stereocenters. The van der Waals surface area contributed by atoms with E-state index in [1.165, 1.54) is 19.3 Å². The highest BCUT2D eigenvalue weighted by atomic mass is 16.2. The summed E-state index contributed by atoms with van der Waals surface area (Å²) in [5.74, 6) is 0.116. The van der Waals surface area contributed by atoms with Gasteiger partial charge in [-0.3, -0.25) is 9.59 Å². The first kappa shape index (κ1) is 17.3. The van der Waals surface area contributed by atoms with Crippen molar-refractivity contribution in [3.8, 4) is 0 Å². The van der Waals surface area contributed by atoms with Gasteiger partial charge in [-0.05, 0) is 50.2 Å². The summed E-state index contributed by atoms with van der Waals surface area (Å²) in [4.78, 5) is 29.4. The highest BCUT2D eigenvalue weighted by molar-refractivity contribution is 6.02. The van der Waals surface area contributed by atoms with Gasteiger partial charge in [0.15, 0.2) is 0 Å². The van der Waals surface area contributed by atoms with Crippen molar-refractivity contribution >= 4 is 11.8 Å². The molecule has 5 rings (SSSR count). The summed E-state index contributed by atoms with van der Waals surface area (Å²) in [6.45, 7) is 0. The van der Waals surface area contributed by atoms with E-state index in [4.69, 9.17) is 0 Å². The quantitative estimate of drug-likeness (QED) is 0.874. The zero-order valence-electron chi connectivity index (χ0n) is 16.1. The summed E-state index contributed by atoms with van der Waals surface area (Å²) >= 11 is 0. The minimum Gasteiger partial charge on any atom is -0.353 e. The van der Waals surface area contributed by atoms with Gasteiger partial charge in [-0.25, -0.2) is 0 Å². The van der Waals surface area contributed by atoms with Crippen molar-refractivity contribution in [2.24, 2.45) is 0 Å². The zero-order valence-corrected chi connectivity index (χ0v) is 16.1. The lowest BCUT2D eigenvalue weighted by atomic mass is 9.64. The van der Waals surface area contributed by atoms with Crippen molar-refractivity contribution in [3.05, 3.63) is 35.4 Å². The molecular weight excluding hydrogens is 336 g/mol. The van der Waals surface area contributed by atoms with Gasteiger partial charge in [0, 0.05) is 17.6 Å². The number of carbonyl (C=O) groups is 2. The fourth-order valence-electron chi connectivity index (χ4n) is 5.99. The third-order valence-electron chi connectivity index (χ3n) is 7.33. The van der Waals surface area contributed by atoms with Gasteiger partial charge in [0.25, 0.3) is 5.91 Å². The molecule has 1 aliphatic heterocycles. The summed E-state index contributed by atoms with van der Waals surface area (Å²) in [5, 5.41) is 3.29. The molecule has 3 aliphatic carbocycles. The largest absolute Gasteiger partial charge is 0.353 e. The number of fused-ring (bicyclic) bond motifs is 1. The van der Waals surface area contributed by atoms with Crippen molar-refractivity contribution < 1.29 is 9.59 Å². The number of nitrogens with zero attached hydrogens (tertiary/aromatic N) is 1. The third kappa shape index (κ3) is 2.79. The van der Waals surface area contributed by atoms with Gasteiger partial charge in [-0.15, -0.1) is 0 Å². The van der Waals surface area contributed by atoms with E-state index in [0.717, 1.165) is 62.5 Å². The second-order valence-electron chi connectivity index (χ2n) is 9.08. The molecule has 27 heavy (non-hydrogen) atoms. The second kappa shape index (κ2) is 6.65. The molecule has 1 aromatic carbocycles. The Bertz CT molecular complexity index is 743. The Balaban J connectivity index is 1.65. The molecule has 4 heteroatoms. The minimum absolute atomic E-state index is 0.155. The monoisotopic (exact) mass is 366 g/mol. The molecule has 2 amide bonds. The maximum atomic E-state index is 13.7. The van der Waals surface area contributed by atoms with Crippen LogP contribution in [0.1, 0.15) is 92.5 Å². The molecule has 144 valence electrons. The van der Waals surface area contributed by atoms with E-state index in [0.29, 0.717) is 12.1 Å². The van der Waals surface area contributed by atoms with Gasteiger partial charge in [-0.1, -0.05) is 50.3 Å². The molecule has 1 N–H and O–H groups in total. The van der Waals surface area contributed by atoms with Crippen molar-refractivity contribution in [1.29, 1.82) is 0 Å². The van der Waals surface area contributed by atoms with Crippen molar-refractivity contribution in [1.82, 2.24) is 10.2 Å². The first-order valence-corrected chi connectivity index (χ1v) is 10.9. The maximum Gasteiger partial charge on any atom is 0.254 e. The third-order valence-corrected chi connectivity index (χ3v) is 7.33. The van der Waals surface area contributed by atoms with Crippen molar-refractivity contribution in [3.63, 3.8) is 0 Å². The molecule has 1 aromatic rings. The van der Waals surface area contributed by atoms with Gasteiger partial charge in [0.05, 0.1) is 11.5 Å². The summed E-state index contributed by atoms with van der Waals surface area (Å²) in [5.41, 5.74) is 1.41. The van der Waals surface area contributed by atoms with Gasteiger partial charge in [0.1, 0.15) is 0 Å². The number of carbonyl (C=O) groups excluding carboxylic acids is 2. The van der Waals surface area contributed by atoms with Gasteiger partial charge >= 0.3 is 0 Å². The molecule has 0 saturated heterocycles. The fourth-order valence-corrected chi connectivity index (χ4v) is 5.99. The Kier molecular flexibility index (Phi) is 4.25. The van der Waals surface area contributed by atoms with Gasteiger partial charge < -0.3 is 10.2 Å². The number of hydrogen-bond acceptors (Lipinski definition) is 2. The highest BCUT2D eigenvalue weighted by Crippen LogP contribution is 2.51. The van der Waals surface area contributed by atoms with Crippen LogP contribution in [0, 0.1) is 0 Å². The Morgan fingerprint density at radius 3 is 2.37 bits per heavy atom. The van der Waals surface area contributed by atoms with Crippen LogP contribution in [0.4, 0.5) is 0 Å². The first-order valence-electron chi connectivity index (χ1n) is 10.9. The molecule has 0 bridgehead atoms. The van der Waals surface area contributed by atoms with E-state index in [9.17, 15) is 9.59 Å². The molecule has 4 aliphatic rings. The molecule has 1 heterocycles. The van der Waals surface area contributed by atoms with E-state index in [1.54, 1.807) is 0 Å². The zero-order chi connectivity index (χ0) is 18.4. The van der Waals surface area contributed by atoms with Crippen LogP contribution in [0.2, 0.25) is 0 Å². The Morgan fingerprint density at radius 2 is 1.67 bits per heavy atom. The Hall–Kier alpha value is -1.84.